The van der Waals surface area contributed by atoms with Crippen LogP contribution in [-0.4, -0.2) is 32.0 Å². The quantitative estimate of drug-likeness (QED) is 0.856. The Bertz CT molecular complexity index is 684. The molecule has 0 radical (unpaired) electrons. The molecule has 2 N–H and O–H groups in total. The predicted octanol–water partition coefficient (Wildman–Crippen LogP) is 1.94. The van der Waals surface area contributed by atoms with Crippen molar-refractivity contribution in [3.05, 3.63) is 40.1 Å². The van der Waals surface area contributed by atoms with E-state index in [1.807, 2.05) is 6.07 Å². The van der Waals surface area contributed by atoms with Crippen molar-refractivity contribution in [3.8, 4) is 0 Å². The number of anilines is 1. The van der Waals surface area contributed by atoms with Crippen LogP contribution in [-0.2, 0) is 17.8 Å². The highest BCUT2D eigenvalue weighted by Gasteiger charge is 2.18. The first-order valence-electron chi connectivity index (χ1n) is 6.22. The Labute approximate surface area is 129 Å². The highest BCUT2D eigenvalue weighted by Crippen LogP contribution is 2.15. The molecule has 1 aromatic carbocycles. The van der Waals surface area contributed by atoms with Crippen LogP contribution in [0.15, 0.2) is 28.7 Å². The van der Waals surface area contributed by atoms with Crippen molar-refractivity contribution in [3.63, 3.8) is 0 Å². The number of benzene rings is 1. The number of carbonyl (C=O) groups is 2. The number of rotatable bonds is 5. The molecule has 0 aliphatic rings. The van der Waals surface area contributed by atoms with Gasteiger partial charge in [-0.15, -0.1) is 5.10 Å². The van der Waals surface area contributed by atoms with E-state index in [0.29, 0.717) is 17.8 Å². The maximum absolute atomic E-state index is 12.0. The molecular formula is C13H13BrN4O3. The molecule has 21 heavy (non-hydrogen) atoms. The summed E-state index contributed by atoms with van der Waals surface area (Å²) < 4.78 is 2.15. The van der Waals surface area contributed by atoms with Gasteiger partial charge in [-0.2, -0.15) is 0 Å². The Morgan fingerprint density at radius 2 is 2.19 bits per heavy atom. The molecular weight excluding hydrogens is 340 g/mol. The molecule has 0 fully saturated rings. The van der Waals surface area contributed by atoms with Crippen LogP contribution in [0, 0.1) is 0 Å². The third-order valence-electron chi connectivity index (χ3n) is 2.78. The van der Waals surface area contributed by atoms with Gasteiger partial charge in [0.05, 0.1) is 5.69 Å². The van der Waals surface area contributed by atoms with Crippen LogP contribution < -0.4 is 5.32 Å². The van der Waals surface area contributed by atoms with Crippen molar-refractivity contribution in [2.75, 3.05) is 5.32 Å². The molecule has 0 aliphatic carbocycles. The van der Waals surface area contributed by atoms with Gasteiger partial charge in [-0.1, -0.05) is 34.1 Å². The minimum absolute atomic E-state index is 0.0873. The van der Waals surface area contributed by atoms with Crippen LogP contribution in [0.25, 0.3) is 0 Å². The van der Waals surface area contributed by atoms with Crippen LogP contribution >= 0.6 is 15.9 Å². The van der Waals surface area contributed by atoms with E-state index in [-0.39, 0.29) is 18.1 Å². The maximum atomic E-state index is 12.0. The van der Waals surface area contributed by atoms with Gasteiger partial charge in [-0.05, 0) is 24.6 Å². The molecule has 8 heteroatoms. The van der Waals surface area contributed by atoms with Crippen LogP contribution in [0.5, 0.6) is 0 Å². The topological polar surface area (TPSA) is 97.1 Å². The molecule has 2 aromatic rings. The number of nitrogens with zero attached hydrogens (tertiary/aromatic N) is 3. The Morgan fingerprint density at radius 3 is 2.81 bits per heavy atom. The van der Waals surface area contributed by atoms with E-state index in [9.17, 15) is 9.59 Å². The van der Waals surface area contributed by atoms with Crippen molar-refractivity contribution in [2.45, 2.75) is 19.9 Å². The highest BCUT2D eigenvalue weighted by atomic mass is 79.9. The zero-order valence-electron chi connectivity index (χ0n) is 11.2. The Morgan fingerprint density at radius 1 is 1.43 bits per heavy atom. The van der Waals surface area contributed by atoms with Gasteiger partial charge < -0.3 is 10.4 Å². The molecule has 0 aliphatic heterocycles. The predicted molar refractivity (Wildman–Crippen MR) is 79.1 cm³/mol. The second-order valence-corrected chi connectivity index (χ2v) is 5.18. The van der Waals surface area contributed by atoms with Crippen LogP contribution in [0.4, 0.5) is 5.69 Å². The van der Waals surface area contributed by atoms with Gasteiger partial charge in [-0.3, -0.25) is 4.79 Å². The van der Waals surface area contributed by atoms with E-state index in [4.69, 9.17) is 5.11 Å². The standard InChI is InChI=1S/C13H13BrN4O3/c1-2-10-12(13(20)21)16-17-18(10)7-11(19)15-9-5-3-4-8(14)6-9/h3-6H,2,7H2,1H3,(H,15,19)(H,20,21). The van der Waals surface area contributed by atoms with Crippen molar-refractivity contribution in [1.29, 1.82) is 0 Å². The molecule has 1 amide bonds. The van der Waals surface area contributed by atoms with Gasteiger partial charge in [0.2, 0.25) is 5.91 Å². The average Bonchev–Trinajstić information content (AvgIpc) is 2.81. The average molecular weight is 353 g/mol. The summed E-state index contributed by atoms with van der Waals surface area (Å²) >= 11 is 3.32. The summed E-state index contributed by atoms with van der Waals surface area (Å²) in [6.45, 7) is 1.70. The summed E-state index contributed by atoms with van der Waals surface area (Å²) in [4.78, 5) is 23.0. The van der Waals surface area contributed by atoms with Crippen LogP contribution in [0.1, 0.15) is 23.1 Å². The monoisotopic (exact) mass is 352 g/mol. The van der Waals surface area contributed by atoms with Gasteiger partial charge in [0.25, 0.3) is 0 Å². The lowest BCUT2D eigenvalue weighted by atomic mass is 10.2. The number of hydrogen-bond acceptors (Lipinski definition) is 4. The fraction of sp³-hybridized carbons (Fsp3) is 0.231. The highest BCUT2D eigenvalue weighted by molar-refractivity contribution is 9.10. The summed E-state index contributed by atoms with van der Waals surface area (Å²) in [7, 11) is 0. The normalized spacial score (nSPS) is 10.4. The zero-order chi connectivity index (χ0) is 15.4. The van der Waals surface area contributed by atoms with Crippen LogP contribution in [0.2, 0.25) is 0 Å². The molecule has 7 nitrogen and oxygen atoms in total. The number of carboxylic acids is 1. The SMILES string of the molecule is CCc1c(C(=O)O)nnn1CC(=O)Nc1cccc(Br)c1. The number of nitrogens with one attached hydrogen (secondary N) is 1. The molecule has 1 heterocycles. The van der Waals surface area contributed by atoms with E-state index in [1.165, 1.54) is 4.68 Å². The van der Waals surface area contributed by atoms with E-state index < -0.39 is 5.97 Å². The summed E-state index contributed by atoms with van der Waals surface area (Å²) in [5.41, 5.74) is 0.950. The fourth-order valence-electron chi connectivity index (χ4n) is 1.88. The number of halogens is 1. The molecule has 1 aromatic heterocycles. The second-order valence-electron chi connectivity index (χ2n) is 4.26. The summed E-state index contributed by atoms with van der Waals surface area (Å²) in [5, 5.41) is 19.0. The fourth-order valence-corrected chi connectivity index (χ4v) is 2.28. The van der Waals surface area contributed by atoms with Crippen LogP contribution in [0.3, 0.4) is 0 Å². The Kier molecular flexibility index (Phi) is 4.69. The molecule has 0 spiro atoms. The first-order chi connectivity index (χ1) is 10.0. The van der Waals surface area contributed by atoms with Crippen molar-refractivity contribution >= 4 is 33.5 Å². The molecule has 0 atom stereocenters. The zero-order valence-corrected chi connectivity index (χ0v) is 12.8. The Hall–Kier alpha value is -2.22. The largest absolute Gasteiger partial charge is 0.476 e. The first kappa shape index (κ1) is 15.2. The summed E-state index contributed by atoms with van der Waals surface area (Å²) in [6.07, 6.45) is 0.429. The molecule has 2 rings (SSSR count). The lowest BCUT2D eigenvalue weighted by Crippen LogP contribution is -2.21. The summed E-state index contributed by atoms with van der Waals surface area (Å²) in [5.74, 6) is -1.45. The van der Waals surface area contributed by atoms with E-state index in [0.717, 1.165) is 4.47 Å². The van der Waals surface area contributed by atoms with Crippen molar-refractivity contribution in [1.82, 2.24) is 15.0 Å². The summed E-state index contributed by atoms with van der Waals surface area (Å²) in [6, 6.07) is 7.17. The van der Waals surface area contributed by atoms with E-state index in [1.54, 1.807) is 25.1 Å². The van der Waals surface area contributed by atoms with Gasteiger partial charge in [0, 0.05) is 10.2 Å². The number of carboxylic acid groups (broad SMARTS) is 1. The lowest BCUT2D eigenvalue weighted by Gasteiger charge is -2.07. The number of hydrogen-bond donors (Lipinski definition) is 2. The molecule has 0 bridgehead atoms. The third kappa shape index (κ3) is 3.66. The Balaban J connectivity index is 2.11. The smallest absolute Gasteiger partial charge is 0.358 e. The minimum Gasteiger partial charge on any atom is -0.476 e. The number of aromatic nitrogens is 3. The minimum atomic E-state index is -1.15. The van der Waals surface area contributed by atoms with Crippen molar-refractivity contribution < 1.29 is 14.7 Å². The molecule has 0 saturated heterocycles. The van der Waals surface area contributed by atoms with Gasteiger partial charge in [0.1, 0.15) is 6.54 Å². The third-order valence-corrected chi connectivity index (χ3v) is 3.27. The molecule has 0 unspecified atom stereocenters. The number of amides is 1. The molecule has 0 saturated carbocycles. The number of aromatic carboxylic acids is 1. The molecule has 110 valence electrons. The van der Waals surface area contributed by atoms with Gasteiger partial charge in [0.15, 0.2) is 5.69 Å². The van der Waals surface area contributed by atoms with E-state index >= 15 is 0 Å². The van der Waals surface area contributed by atoms with Crippen molar-refractivity contribution in [2.24, 2.45) is 0 Å². The second kappa shape index (κ2) is 6.49. The number of carbonyl (C=O) groups excluding carboxylic acids is 1. The van der Waals surface area contributed by atoms with Gasteiger partial charge >= 0.3 is 5.97 Å². The van der Waals surface area contributed by atoms with E-state index in [2.05, 4.69) is 31.6 Å². The maximum Gasteiger partial charge on any atom is 0.358 e. The lowest BCUT2D eigenvalue weighted by molar-refractivity contribution is -0.117. The first-order valence-corrected chi connectivity index (χ1v) is 7.01. The van der Waals surface area contributed by atoms with Gasteiger partial charge in [-0.25, -0.2) is 9.48 Å².